The molecule has 1 aromatic rings. The third-order valence-electron chi connectivity index (χ3n) is 2.90. The van der Waals surface area contributed by atoms with Crippen LogP contribution in [0.4, 0.5) is 0 Å². The third-order valence-corrected chi connectivity index (χ3v) is 2.90. The van der Waals surface area contributed by atoms with E-state index in [4.69, 9.17) is 0 Å². The molecule has 1 aromatic carbocycles. The van der Waals surface area contributed by atoms with E-state index in [0.717, 1.165) is 6.42 Å². The van der Waals surface area contributed by atoms with E-state index < -0.39 is 0 Å². The number of hydrogen-bond donors (Lipinski definition) is 0. The Kier molecular flexibility index (Phi) is 2.53. The molecular weight excluding hydrogens is 168 g/mol. The summed E-state index contributed by atoms with van der Waals surface area (Å²) >= 11 is 0. The molecule has 0 aromatic heterocycles. The Morgan fingerprint density at radius 1 is 1.14 bits per heavy atom. The Morgan fingerprint density at radius 2 is 1.86 bits per heavy atom. The number of allylic oxidation sites excluding steroid dienone is 4. The highest BCUT2D eigenvalue weighted by molar-refractivity contribution is 5.40. The maximum absolute atomic E-state index is 2.26. The Bertz CT molecular complexity index is 366. The minimum atomic E-state index is 0.515. The number of hydrogen-bond acceptors (Lipinski definition) is 0. The Labute approximate surface area is 86.0 Å². The first-order chi connectivity index (χ1) is 6.81. The fraction of sp³-hybridized carbons (Fsp3) is 0.286. The van der Waals surface area contributed by atoms with Crippen LogP contribution in [0.15, 0.2) is 48.1 Å². The van der Waals surface area contributed by atoms with Crippen molar-refractivity contribution >= 4 is 0 Å². The number of benzene rings is 1. The van der Waals surface area contributed by atoms with E-state index in [1.54, 1.807) is 0 Å². The Balaban J connectivity index is 2.25. The van der Waals surface area contributed by atoms with Crippen molar-refractivity contribution in [3.05, 3.63) is 59.2 Å². The van der Waals surface area contributed by atoms with Crippen LogP contribution in [-0.4, -0.2) is 0 Å². The molecule has 1 unspecified atom stereocenters. The molecule has 0 heterocycles. The normalized spacial score (nSPS) is 19.9. The zero-order chi connectivity index (χ0) is 9.97. The van der Waals surface area contributed by atoms with Gasteiger partial charge in [0.1, 0.15) is 0 Å². The van der Waals surface area contributed by atoms with Gasteiger partial charge in [-0.05, 0) is 24.5 Å². The van der Waals surface area contributed by atoms with E-state index in [1.165, 1.54) is 16.7 Å². The molecule has 0 amide bonds. The highest BCUT2D eigenvalue weighted by Crippen LogP contribution is 2.29. The monoisotopic (exact) mass is 184 g/mol. The molecule has 0 spiro atoms. The second kappa shape index (κ2) is 3.83. The fourth-order valence-electron chi connectivity index (χ4n) is 1.91. The predicted octanol–water partition coefficient (Wildman–Crippen LogP) is 3.85. The summed E-state index contributed by atoms with van der Waals surface area (Å²) in [6.07, 6.45) is 7.72. The lowest BCUT2D eigenvalue weighted by atomic mass is 9.94. The number of rotatable bonds is 2. The van der Waals surface area contributed by atoms with Crippen LogP contribution in [0, 0.1) is 0 Å². The van der Waals surface area contributed by atoms with Gasteiger partial charge in [0.05, 0.1) is 0 Å². The van der Waals surface area contributed by atoms with Gasteiger partial charge in [-0.25, -0.2) is 0 Å². The maximum Gasteiger partial charge on any atom is 0.0231 e. The summed E-state index contributed by atoms with van der Waals surface area (Å²) in [6.45, 7) is 4.38. The molecule has 1 atom stereocenters. The van der Waals surface area contributed by atoms with Crippen LogP contribution in [0.2, 0.25) is 0 Å². The average Bonchev–Trinajstić information content (AvgIpc) is 2.65. The van der Waals surface area contributed by atoms with E-state index in [1.807, 2.05) is 0 Å². The van der Waals surface area contributed by atoms with Gasteiger partial charge in [0, 0.05) is 5.92 Å². The van der Waals surface area contributed by atoms with Crippen LogP contribution < -0.4 is 0 Å². The van der Waals surface area contributed by atoms with Gasteiger partial charge >= 0.3 is 0 Å². The Hall–Kier alpha value is -1.30. The van der Waals surface area contributed by atoms with Crippen molar-refractivity contribution in [2.45, 2.75) is 26.2 Å². The van der Waals surface area contributed by atoms with Gasteiger partial charge in [-0.2, -0.15) is 0 Å². The predicted molar refractivity (Wildman–Crippen MR) is 61.5 cm³/mol. The molecule has 0 bridgehead atoms. The summed E-state index contributed by atoms with van der Waals surface area (Å²) < 4.78 is 0. The molecule has 0 radical (unpaired) electrons. The van der Waals surface area contributed by atoms with Gasteiger partial charge < -0.3 is 0 Å². The molecule has 1 aliphatic rings. The van der Waals surface area contributed by atoms with Gasteiger partial charge in [-0.3, -0.25) is 0 Å². The summed E-state index contributed by atoms with van der Waals surface area (Å²) in [5, 5.41) is 0. The van der Waals surface area contributed by atoms with E-state index in [2.05, 4.69) is 56.3 Å². The van der Waals surface area contributed by atoms with Gasteiger partial charge in [-0.1, -0.05) is 55.0 Å². The van der Waals surface area contributed by atoms with Gasteiger partial charge in [0.25, 0.3) is 0 Å². The summed E-state index contributed by atoms with van der Waals surface area (Å²) in [4.78, 5) is 0. The molecule has 0 nitrogen and oxygen atoms in total. The molecule has 1 aliphatic carbocycles. The van der Waals surface area contributed by atoms with E-state index >= 15 is 0 Å². The first-order valence-corrected chi connectivity index (χ1v) is 5.25. The zero-order valence-electron chi connectivity index (χ0n) is 8.83. The second-order valence-electron chi connectivity index (χ2n) is 3.87. The third kappa shape index (κ3) is 1.65. The minimum Gasteiger partial charge on any atom is -0.0730 e. The second-order valence-corrected chi connectivity index (χ2v) is 3.87. The van der Waals surface area contributed by atoms with Crippen molar-refractivity contribution in [3.63, 3.8) is 0 Å². The topological polar surface area (TPSA) is 0 Å². The summed E-state index contributed by atoms with van der Waals surface area (Å²) in [5.41, 5.74) is 4.26. The van der Waals surface area contributed by atoms with E-state index in [9.17, 15) is 0 Å². The lowest BCUT2D eigenvalue weighted by molar-refractivity contribution is 1.01. The van der Waals surface area contributed by atoms with Crippen LogP contribution in [0.1, 0.15) is 30.9 Å². The van der Waals surface area contributed by atoms with Crippen LogP contribution in [0.5, 0.6) is 0 Å². The van der Waals surface area contributed by atoms with Crippen LogP contribution in [0.25, 0.3) is 0 Å². The molecule has 72 valence electrons. The van der Waals surface area contributed by atoms with Crippen molar-refractivity contribution in [1.82, 2.24) is 0 Å². The minimum absolute atomic E-state index is 0.515. The van der Waals surface area contributed by atoms with Crippen LogP contribution in [0.3, 0.4) is 0 Å². The molecular formula is C14H16. The zero-order valence-corrected chi connectivity index (χ0v) is 8.83. The summed E-state index contributed by atoms with van der Waals surface area (Å²) in [6, 6.07) is 8.95. The molecule has 2 rings (SSSR count). The van der Waals surface area contributed by atoms with Crippen LogP contribution in [-0.2, 0) is 6.42 Å². The molecule has 0 saturated carbocycles. The standard InChI is InChI=1S/C14H16/c1-3-12-7-9-13(10-8-12)14-6-4-5-11(14)2/h4-10,14H,3H2,1-2H3. The smallest absolute Gasteiger partial charge is 0.0231 e. The van der Waals surface area contributed by atoms with Gasteiger partial charge in [0.15, 0.2) is 0 Å². The fourth-order valence-corrected chi connectivity index (χ4v) is 1.91. The molecule has 0 N–H and O–H groups in total. The maximum atomic E-state index is 2.26. The highest BCUT2D eigenvalue weighted by Gasteiger charge is 2.12. The van der Waals surface area contributed by atoms with Crippen molar-refractivity contribution < 1.29 is 0 Å². The summed E-state index contributed by atoms with van der Waals surface area (Å²) in [5.74, 6) is 0.515. The first-order valence-electron chi connectivity index (χ1n) is 5.25. The molecule has 14 heavy (non-hydrogen) atoms. The van der Waals surface area contributed by atoms with Crippen LogP contribution >= 0.6 is 0 Å². The van der Waals surface area contributed by atoms with Crippen molar-refractivity contribution in [2.24, 2.45) is 0 Å². The highest BCUT2D eigenvalue weighted by atomic mass is 14.2. The molecule has 0 heteroatoms. The summed E-state index contributed by atoms with van der Waals surface area (Å²) in [7, 11) is 0. The van der Waals surface area contributed by atoms with Gasteiger partial charge in [0.2, 0.25) is 0 Å². The lowest BCUT2D eigenvalue weighted by Crippen LogP contribution is -1.94. The Morgan fingerprint density at radius 3 is 2.36 bits per heavy atom. The quantitative estimate of drug-likeness (QED) is 0.655. The molecule has 0 fully saturated rings. The molecule has 0 saturated heterocycles. The van der Waals surface area contributed by atoms with Gasteiger partial charge in [-0.15, -0.1) is 0 Å². The average molecular weight is 184 g/mol. The first kappa shape index (κ1) is 9.26. The van der Waals surface area contributed by atoms with Crippen molar-refractivity contribution in [2.75, 3.05) is 0 Å². The molecule has 0 aliphatic heterocycles. The SMILES string of the molecule is CCc1ccc(C2C=CC=C2C)cc1. The lowest BCUT2D eigenvalue weighted by Gasteiger charge is -2.10. The van der Waals surface area contributed by atoms with Crippen molar-refractivity contribution in [1.29, 1.82) is 0 Å². The van der Waals surface area contributed by atoms with E-state index in [-0.39, 0.29) is 0 Å². The van der Waals surface area contributed by atoms with Crippen molar-refractivity contribution in [3.8, 4) is 0 Å². The largest absolute Gasteiger partial charge is 0.0730 e. The number of aryl methyl sites for hydroxylation is 1. The van der Waals surface area contributed by atoms with E-state index in [0.29, 0.717) is 5.92 Å².